The zero-order valence-corrected chi connectivity index (χ0v) is 13.4. The van der Waals surface area contributed by atoms with Crippen LogP contribution in [-0.2, 0) is 10.0 Å². The van der Waals surface area contributed by atoms with Gasteiger partial charge in [-0.15, -0.1) is 0 Å². The maximum atomic E-state index is 12.8. The number of hydrogen-bond donors (Lipinski definition) is 2. The van der Waals surface area contributed by atoms with Crippen LogP contribution in [0.1, 0.15) is 22.3 Å². The van der Waals surface area contributed by atoms with Gasteiger partial charge in [0.05, 0.1) is 4.90 Å². The van der Waals surface area contributed by atoms with Crippen molar-refractivity contribution in [2.24, 2.45) is 17.6 Å². The van der Waals surface area contributed by atoms with E-state index in [-0.39, 0.29) is 10.5 Å². The number of carbonyl (C=O) groups is 1. The summed E-state index contributed by atoms with van der Waals surface area (Å²) in [7, 11) is -3.58. The number of nitrogens with zero attached hydrogens (tertiary/aromatic N) is 1. The molecule has 2 saturated heterocycles. The van der Waals surface area contributed by atoms with E-state index in [2.05, 4.69) is 5.32 Å². The van der Waals surface area contributed by atoms with E-state index in [1.165, 1.54) is 10.4 Å². The highest BCUT2D eigenvalue weighted by Gasteiger charge is 2.37. The van der Waals surface area contributed by atoms with E-state index in [0.29, 0.717) is 30.5 Å². The summed E-state index contributed by atoms with van der Waals surface area (Å²) in [4.78, 5) is 11.6. The number of fused-ring (bicyclic) bond motifs is 1. The van der Waals surface area contributed by atoms with Gasteiger partial charge in [0.1, 0.15) is 0 Å². The second-order valence-corrected chi connectivity index (χ2v) is 8.11. The molecule has 1 amide bonds. The highest BCUT2D eigenvalue weighted by atomic mass is 32.2. The van der Waals surface area contributed by atoms with Crippen molar-refractivity contribution in [1.82, 2.24) is 9.62 Å². The van der Waals surface area contributed by atoms with Crippen LogP contribution in [0.3, 0.4) is 0 Å². The van der Waals surface area contributed by atoms with Gasteiger partial charge in [-0.1, -0.05) is 6.07 Å². The molecule has 2 fully saturated rings. The number of sulfonamides is 1. The first kappa shape index (κ1) is 15.5. The minimum Gasteiger partial charge on any atom is -0.366 e. The average molecular weight is 323 g/mol. The number of amides is 1. The van der Waals surface area contributed by atoms with Crippen molar-refractivity contribution < 1.29 is 13.2 Å². The summed E-state index contributed by atoms with van der Waals surface area (Å²) in [5.74, 6) is 0.350. The van der Waals surface area contributed by atoms with Crippen molar-refractivity contribution in [3.05, 3.63) is 29.3 Å². The van der Waals surface area contributed by atoms with Crippen LogP contribution in [-0.4, -0.2) is 44.8 Å². The van der Waals surface area contributed by atoms with Crippen molar-refractivity contribution in [1.29, 1.82) is 0 Å². The number of hydrogen-bond acceptors (Lipinski definition) is 4. The van der Waals surface area contributed by atoms with Gasteiger partial charge < -0.3 is 11.1 Å². The van der Waals surface area contributed by atoms with E-state index in [1.807, 2.05) is 0 Å². The molecule has 0 radical (unpaired) electrons. The lowest BCUT2D eigenvalue weighted by atomic mass is 9.90. The molecule has 0 aliphatic carbocycles. The lowest BCUT2D eigenvalue weighted by molar-refractivity contribution is 0.0999. The first-order chi connectivity index (χ1) is 10.4. The van der Waals surface area contributed by atoms with Crippen molar-refractivity contribution in [3.8, 4) is 0 Å². The summed E-state index contributed by atoms with van der Waals surface area (Å²) < 4.78 is 27.2. The molecule has 2 atom stereocenters. The van der Waals surface area contributed by atoms with E-state index < -0.39 is 15.9 Å². The van der Waals surface area contributed by atoms with Crippen molar-refractivity contribution in [2.45, 2.75) is 18.2 Å². The highest BCUT2D eigenvalue weighted by molar-refractivity contribution is 7.89. The number of nitrogens with one attached hydrogen (secondary N) is 1. The molecule has 120 valence electrons. The Morgan fingerprint density at radius 2 is 2.05 bits per heavy atom. The fourth-order valence-electron chi connectivity index (χ4n) is 3.40. The number of benzene rings is 1. The lowest BCUT2D eigenvalue weighted by Gasteiger charge is -2.33. The molecule has 6 nitrogen and oxygen atoms in total. The van der Waals surface area contributed by atoms with Gasteiger partial charge in [-0.3, -0.25) is 4.79 Å². The second-order valence-electron chi connectivity index (χ2n) is 6.17. The fourth-order valence-corrected chi connectivity index (χ4v) is 4.93. The molecule has 2 unspecified atom stereocenters. The third-order valence-corrected chi connectivity index (χ3v) is 6.64. The summed E-state index contributed by atoms with van der Waals surface area (Å²) in [6, 6.07) is 4.58. The predicted molar refractivity (Wildman–Crippen MR) is 82.9 cm³/mol. The minimum atomic E-state index is -3.58. The van der Waals surface area contributed by atoms with Crippen LogP contribution >= 0.6 is 0 Å². The molecule has 0 bridgehead atoms. The summed E-state index contributed by atoms with van der Waals surface area (Å²) in [6.07, 6.45) is 0.880. The van der Waals surface area contributed by atoms with Gasteiger partial charge in [0, 0.05) is 18.7 Å². The Morgan fingerprint density at radius 1 is 1.32 bits per heavy atom. The molecule has 3 rings (SSSR count). The Labute approximate surface area is 130 Å². The first-order valence-corrected chi connectivity index (χ1v) is 8.95. The van der Waals surface area contributed by atoms with Crippen LogP contribution in [0.25, 0.3) is 0 Å². The average Bonchev–Trinajstić information content (AvgIpc) is 2.94. The third-order valence-electron chi connectivity index (χ3n) is 4.78. The van der Waals surface area contributed by atoms with Gasteiger partial charge in [-0.2, -0.15) is 4.31 Å². The third kappa shape index (κ3) is 2.64. The van der Waals surface area contributed by atoms with Crippen LogP contribution in [0.2, 0.25) is 0 Å². The normalized spacial score (nSPS) is 25.9. The number of carbonyl (C=O) groups excluding carboxylic acids is 1. The fraction of sp³-hybridized carbons (Fsp3) is 0.533. The van der Waals surface area contributed by atoms with Gasteiger partial charge in [-0.05, 0) is 56.0 Å². The van der Waals surface area contributed by atoms with Gasteiger partial charge in [0.15, 0.2) is 0 Å². The van der Waals surface area contributed by atoms with Crippen molar-refractivity contribution in [3.63, 3.8) is 0 Å². The molecular formula is C15H21N3O3S. The quantitative estimate of drug-likeness (QED) is 0.838. The molecule has 0 saturated carbocycles. The SMILES string of the molecule is Cc1ccc(S(=O)(=O)N2CCC3CNCC3C2)cc1C(N)=O. The van der Waals surface area contributed by atoms with E-state index in [0.717, 1.165) is 19.5 Å². The molecule has 22 heavy (non-hydrogen) atoms. The minimum absolute atomic E-state index is 0.149. The van der Waals surface area contributed by atoms with Crippen LogP contribution in [0, 0.1) is 18.8 Å². The predicted octanol–water partition coefficient (Wildman–Crippen LogP) is 0.324. The summed E-state index contributed by atoms with van der Waals surface area (Å²) in [5.41, 5.74) is 6.27. The van der Waals surface area contributed by atoms with Crippen LogP contribution in [0.4, 0.5) is 0 Å². The molecule has 3 N–H and O–H groups in total. The van der Waals surface area contributed by atoms with Crippen LogP contribution in [0.15, 0.2) is 23.1 Å². The smallest absolute Gasteiger partial charge is 0.249 e. The summed E-state index contributed by atoms with van der Waals surface area (Å²) in [5, 5.41) is 3.32. The molecule has 2 aliphatic heterocycles. The lowest BCUT2D eigenvalue weighted by Crippen LogP contribution is -2.43. The molecule has 2 aliphatic rings. The number of aryl methyl sites for hydroxylation is 1. The molecule has 0 spiro atoms. The van der Waals surface area contributed by atoms with Gasteiger partial charge >= 0.3 is 0 Å². The molecule has 1 aromatic rings. The molecule has 2 heterocycles. The Balaban J connectivity index is 1.90. The Morgan fingerprint density at radius 3 is 2.77 bits per heavy atom. The number of primary amides is 1. The molecular weight excluding hydrogens is 302 g/mol. The zero-order valence-electron chi connectivity index (χ0n) is 12.6. The zero-order chi connectivity index (χ0) is 15.9. The number of piperidine rings is 1. The van der Waals surface area contributed by atoms with E-state index in [9.17, 15) is 13.2 Å². The Hall–Kier alpha value is -1.44. The largest absolute Gasteiger partial charge is 0.366 e. The second kappa shape index (κ2) is 5.64. The molecule has 7 heteroatoms. The molecule has 1 aromatic carbocycles. The Bertz CT molecular complexity index is 702. The first-order valence-electron chi connectivity index (χ1n) is 7.51. The van der Waals surface area contributed by atoms with Crippen LogP contribution in [0.5, 0.6) is 0 Å². The van der Waals surface area contributed by atoms with Gasteiger partial charge in [0.25, 0.3) is 0 Å². The molecule has 0 aromatic heterocycles. The maximum Gasteiger partial charge on any atom is 0.249 e. The topological polar surface area (TPSA) is 92.5 Å². The van der Waals surface area contributed by atoms with Crippen molar-refractivity contribution >= 4 is 15.9 Å². The summed E-state index contributed by atoms with van der Waals surface area (Å²) >= 11 is 0. The maximum absolute atomic E-state index is 12.8. The number of nitrogens with two attached hydrogens (primary N) is 1. The van der Waals surface area contributed by atoms with E-state index in [4.69, 9.17) is 5.73 Å². The monoisotopic (exact) mass is 323 g/mol. The van der Waals surface area contributed by atoms with E-state index >= 15 is 0 Å². The standard InChI is InChI=1S/C15H21N3O3S/c1-10-2-3-13(6-14(10)15(16)19)22(20,21)18-5-4-11-7-17-8-12(11)9-18/h2-3,6,11-12,17H,4-5,7-9H2,1H3,(H2,16,19). The van der Waals surface area contributed by atoms with Crippen LogP contribution < -0.4 is 11.1 Å². The number of rotatable bonds is 3. The highest BCUT2D eigenvalue weighted by Crippen LogP contribution is 2.30. The summed E-state index contributed by atoms with van der Waals surface area (Å²) in [6.45, 7) is 4.67. The van der Waals surface area contributed by atoms with Crippen molar-refractivity contribution in [2.75, 3.05) is 26.2 Å². The Kier molecular flexibility index (Phi) is 3.96. The van der Waals surface area contributed by atoms with Gasteiger partial charge in [0.2, 0.25) is 15.9 Å². The van der Waals surface area contributed by atoms with E-state index in [1.54, 1.807) is 19.1 Å². The van der Waals surface area contributed by atoms with Gasteiger partial charge in [-0.25, -0.2) is 8.42 Å².